The molecule has 142 valence electrons. The molecule has 0 aliphatic carbocycles. The summed E-state index contributed by atoms with van der Waals surface area (Å²) in [5.74, 6) is -5.82. The van der Waals surface area contributed by atoms with Crippen LogP contribution in [0, 0.1) is 23.3 Å². The van der Waals surface area contributed by atoms with Gasteiger partial charge in [0.05, 0.1) is 7.11 Å². The molecular weight excluding hydrogens is 350 g/mol. The van der Waals surface area contributed by atoms with Crippen molar-refractivity contribution in [2.24, 2.45) is 0 Å². The Bertz CT molecular complexity index is 764. The number of nitrogens with zero attached hydrogens (tertiary/aromatic N) is 3. The molecule has 1 aromatic carbocycles. The highest BCUT2D eigenvalue weighted by Gasteiger charge is 2.30. The monoisotopic (exact) mass is 371 g/mol. The fraction of sp³-hybridized carbons (Fsp3) is 0.500. The van der Waals surface area contributed by atoms with Crippen LogP contribution in [0.25, 0.3) is 0 Å². The van der Waals surface area contributed by atoms with Gasteiger partial charge in [-0.3, -0.25) is 4.90 Å². The van der Waals surface area contributed by atoms with E-state index in [4.69, 9.17) is 0 Å². The maximum Gasteiger partial charge on any atom is 0.204 e. The fourth-order valence-electron chi connectivity index (χ4n) is 3.56. The molecule has 2 heterocycles. The standard InChI is InChI=1S/C18H21F4N3O/c1-3-25-8-6-23-18(25)11-5-4-7-24(9-11)10-12-13(19)15(21)17(26-2)16(22)14(12)20/h6,8,11H,3-5,7,9-10H2,1-2H3/t11-/m1/s1. The first-order valence-corrected chi connectivity index (χ1v) is 8.60. The van der Waals surface area contributed by atoms with Gasteiger partial charge in [0.1, 0.15) is 5.82 Å². The number of benzene rings is 1. The van der Waals surface area contributed by atoms with E-state index in [2.05, 4.69) is 9.72 Å². The minimum absolute atomic E-state index is 0.109. The molecule has 1 atom stereocenters. The van der Waals surface area contributed by atoms with Crippen molar-refractivity contribution in [1.82, 2.24) is 14.5 Å². The fourth-order valence-corrected chi connectivity index (χ4v) is 3.56. The number of methoxy groups -OCH3 is 1. The van der Waals surface area contributed by atoms with Crippen LogP contribution < -0.4 is 4.74 Å². The average molecular weight is 371 g/mol. The van der Waals surface area contributed by atoms with Crippen molar-refractivity contribution in [3.8, 4) is 5.75 Å². The first-order chi connectivity index (χ1) is 12.5. The third-order valence-electron chi connectivity index (χ3n) is 4.86. The van der Waals surface area contributed by atoms with Gasteiger partial charge < -0.3 is 9.30 Å². The molecule has 0 amide bonds. The number of imidazole rings is 1. The Hall–Kier alpha value is -2.09. The summed E-state index contributed by atoms with van der Waals surface area (Å²) >= 11 is 0. The lowest BCUT2D eigenvalue weighted by Gasteiger charge is -2.32. The van der Waals surface area contributed by atoms with Gasteiger partial charge in [0.15, 0.2) is 17.4 Å². The first-order valence-electron chi connectivity index (χ1n) is 8.60. The Morgan fingerprint density at radius 3 is 2.46 bits per heavy atom. The molecule has 0 radical (unpaired) electrons. The SMILES string of the molecule is CCn1ccnc1[C@@H]1CCCN(Cc2c(F)c(F)c(OC)c(F)c2F)C1. The minimum Gasteiger partial charge on any atom is -0.491 e. The zero-order chi connectivity index (χ0) is 18.8. The smallest absolute Gasteiger partial charge is 0.204 e. The zero-order valence-electron chi connectivity index (χ0n) is 14.7. The molecule has 1 aliphatic heterocycles. The summed E-state index contributed by atoms with van der Waals surface area (Å²) in [5.41, 5.74) is -0.611. The highest BCUT2D eigenvalue weighted by atomic mass is 19.2. The Morgan fingerprint density at radius 2 is 1.85 bits per heavy atom. The molecule has 0 saturated carbocycles. The van der Waals surface area contributed by atoms with Crippen LogP contribution in [0.15, 0.2) is 12.4 Å². The van der Waals surface area contributed by atoms with Gasteiger partial charge in [-0.2, -0.15) is 8.78 Å². The van der Waals surface area contributed by atoms with Crippen LogP contribution in [0.4, 0.5) is 17.6 Å². The molecule has 3 rings (SSSR count). The molecule has 1 saturated heterocycles. The predicted octanol–water partition coefficient (Wildman–Crippen LogP) is 3.85. The van der Waals surface area contributed by atoms with E-state index in [1.807, 2.05) is 17.7 Å². The number of rotatable bonds is 5. The van der Waals surface area contributed by atoms with Gasteiger partial charge in [-0.1, -0.05) is 0 Å². The van der Waals surface area contributed by atoms with Crippen LogP contribution in [-0.2, 0) is 13.1 Å². The van der Waals surface area contributed by atoms with Gasteiger partial charge in [-0.25, -0.2) is 13.8 Å². The summed E-state index contributed by atoms with van der Waals surface area (Å²) in [7, 11) is 0.963. The molecule has 26 heavy (non-hydrogen) atoms. The second-order valence-electron chi connectivity index (χ2n) is 6.41. The van der Waals surface area contributed by atoms with Crippen molar-refractivity contribution in [3.05, 3.63) is 47.1 Å². The average Bonchev–Trinajstić information content (AvgIpc) is 3.13. The van der Waals surface area contributed by atoms with Gasteiger partial charge in [-0.15, -0.1) is 0 Å². The van der Waals surface area contributed by atoms with E-state index < -0.39 is 34.6 Å². The number of halogens is 4. The maximum absolute atomic E-state index is 14.2. The van der Waals surface area contributed by atoms with E-state index in [1.54, 1.807) is 11.1 Å². The highest BCUT2D eigenvalue weighted by Crippen LogP contribution is 2.32. The third-order valence-corrected chi connectivity index (χ3v) is 4.86. The molecule has 8 heteroatoms. The maximum atomic E-state index is 14.2. The zero-order valence-corrected chi connectivity index (χ0v) is 14.7. The largest absolute Gasteiger partial charge is 0.491 e. The predicted molar refractivity (Wildman–Crippen MR) is 88.0 cm³/mol. The lowest BCUT2D eigenvalue weighted by molar-refractivity contribution is 0.188. The van der Waals surface area contributed by atoms with Crippen LogP contribution in [0.2, 0.25) is 0 Å². The van der Waals surface area contributed by atoms with E-state index in [0.717, 1.165) is 32.3 Å². The van der Waals surface area contributed by atoms with Gasteiger partial charge in [0.25, 0.3) is 0 Å². The first kappa shape index (κ1) is 18.7. The Morgan fingerprint density at radius 1 is 1.15 bits per heavy atom. The topological polar surface area (TPSA) is 30.3 Å². The second-order valence-corrected chi connectivity index (χ2v) is 6.41. The molecular formula is C18H21F4N3O. The number of aromatic nitrogens is 2. The number of likely N-dealkylation sites (tertiary alicyclic amines) is 1. The number of piperidine rings is 1. The molecule has 0 N–H and O–H groups in total. The Balaban J connectivity index is 1.83. The number of ether oxygens (including phenoxy) is 1. The van der Waals surface area contributed by atoms with Gasteiger partial charge in [0.2, 0.25) is 11.6 Å². The molecule has 0 unspecified atom stereocenters. The molecule has 0 bridgehead atoms. The van der Waals surface area contributed by atoms with Crippen LogP contribution in [0.5, 0.6) is 5.75 Å². The summed E-state index contributed by atoms with van der Waals surface area (Å²) in [4.78, 5) is 6.19. The summed E-state index contributed by atoms with van der Waals surface area (Å²) in [5, 5.41) is 0. The van der Waals surface area contributed by atoms with Crippen molar-refractivity contribution in [1.29, 1.82) is 0 Å². The van der Waals surface area contributed by atoms with Crippen molar-refractivity contribution >= 4 is 0 Å². The van der Waals surface area contributed by atoms with Gasteiger partial charge in [0, 0.05) is 43.5 Å². The van der Waals surface area contributed by atoms with Crippen LogP contribution in [0.3, 0.4) is 0 Å². The second kappa shape index (κ2) is 7.65. The molecule has 4 nitrogen and oxygen atoms in total. The van der Waals surface area contributed by atoms with Crippen molar-refractivity contribution < 1.29 is 22.3 Å². The number of hydrogen-bond donors (Lipinski definition) is 0. The molecule has 0 spiro atoms. The van der Waals surface area contributed by atoms with E-state index in [0.29, 0.717) is 13.1 Å². The number of hydrogen-bond acceptors (Lipinski definition) is 3. The highest BCUT2D eigenvalue weighted by molar-refractivity contribution is 5.34. The summed E-state index contributed by atoms with van der Waals surface area (Å²) in [6.45, 7) is 3.70. The molecule has 1 fully saturated rings. The third kappa shape index (κ3) is 3.30. The normalized spacial score (nSPS) is 18.3. The number of aryl methyl sites for hydroxylation is 1. The van der Waals surface area contributed by atoms with E-state index in [1.165, 1.54) is 0 Å². The van der Waals surface area contributed by atoms with E-state index >= 15 is 0 Å². The summed E-state index contributed by atoms with van der Waals surface area (Å²) in [6, 6.07) is 0. The Labute approximate surface area is 149 Å². The van der Waals surface area contributed by atoms with E-state index in [9.17, 15) is 17.6 Å². The lowest BCUT2D eigenvalue weighted by Crippen LogP contribution is -2.35. The molecule has 1 aromatic heterocycles. The lowest BCUT2D eigenvalue weighted by atomic mass is 9.96. The van der Waals surface area contributed by atoms with Gasteiger partial charge in [-0.05, 0) is 26.3 Å². The summed E-state index contributed by atoms with van der Waals surface area (Å²) < 4.78 is 62.7. The minimum atomic E-state index is -1.50. The van der Waals surface area contributed by atoms with Crippen molar-refractivity contribution in [2.45, 2.75) is 38.8 Å². The quantitative estimate of drug-likeness (QED) is 0.591. The Kier molecular flexibility index (Phi) is 5.50. The van der Waals surface area contributed by atoms with Crippen LogP contribution >= 0.6 is 0 Å². The van der Waals surface area contributed by atoms with E-state index in [-0.39, 0.29) is 12.5 Å². The van der Waals surface area contributed by atoms with Gasteiger partial charge >= 0.3 is 0 Å². The summed E-state index contributed by atoms with van der Waals surface area (Å²) in [6.07, 6.45) is 5.34. The molecule has 2 aromatic rings. The van der Waals surface area contributed by atoms with Crippen molar-refractivity contribution in [2.75, 3.05) is 20.2 Å². The van der Waals surface area contributed by atoms with Crippen LogP contribution in [-0.4, -0.2) is 34.7 Å². The van der Waals surface area contributed by atoms with Crippen LogP contribution in [0.1, 0.15) is 37.1 Å². The van der Waals surface area contributed by atoms with Crippen molar-refractivity contribution in [3.63, 3.8) is 0 Å². The molecule has 1 aliphatic rings.